The van der Waals surface area contributed by atoms with Gasteiger partial charge in [-0.1, -0.05) is 6.07 Å². The number of nitrogens with zero attached hydrogens (tertiary/aromatic N) is 3. The van der Waals surface area contributed by atoms with Gasteiger partial charge in [0.15, 0.2) is 0 Å². The van der Waals surface area contributed by atoms with Gasteiger partial charge in [-0.3, -0.25) is 14.1 Å². The number of aromatic nitrogens is 2. The molecule has 0 spiro atoms. The molecule has 2 aromatic rings. The molecule has 1 fully saturated rings. The molecule has 2 N–H and O–H groups in total. The molecule has 0 aliphatic carbocycles. The van der Waals surface area contributed by atoms with Crippen molar-refractivity contribution in [1.29, 1.82) is 0 Å². The molecule has 0 bridgehead atoms. The second-order valence-electron chi connectivity index (χ2n) is 5.60. The normalized spacial score (nSPS) is 19.8. The first-order valence-corrected chi connectivity index (χ1v) is 7.07. The lowest BCUT2D eigenvalue weighted by Gasteiger charge is -2.15. The van der Waals surface area contributed by atoms with E-state index in [-0.39, 0.29) is 5.56 Å². The van der Waals surface area contributed by atoms with Gasteiger partial charge in [0.1, 0.15) is 5.65 Å². The van der Waals surface area contributed by atoms with Gasteiger partial charge in [-0.15, -0.1) is 0 Å². The quantitative estimate of drug-likeness (QED) is 0.897. The van der Waals surface area contributed by atoms with Crippen LogP contribution in [0.1, 0.15) is 17.7 Å². The summed E-state index contributed by atoms with van der Waals surface area (Å²) in [6.45, 7) is 5.49. The van der Waals surface area contributed by atoms with Crippen molar-refractivity contribution in [3.05, 3.63) is 46.0 Å². The SMILES string of the molecule is Cc1cccn2c(=O)cc(CN3CCC(CN)C3)nc12. The zero-order chi connectivity index (χ0) is 14.1. The molecule has 3 heterocycles. The maximum absolute atomic E-state index is 12.1. The van der Waals surface area contributed by atoms with Gasteiger partial charge in [-0.25, -0.2) is 4.98 Å². The molecule has 1 aliphatic rings. The monoisotopic (exact) mass is 272 g/mol. The van der Waals surface area contributed by atoms with Crippen molar-refractivity contribution in [2.75, 3.05) is 19.6 Å². The largest absolute Gasteiger partial charge is 0.330 e. The molecule has 1 saturated heterocycles. The predicted molar refractivity (Wildman–Crippen MR) is 78.6 cm³/mol. The van der Waals surface area contributed by atoms with Crippen LogP contribution in [-0.4, -0.2) is 33.9 Å². The Bertz CT molecular complexity index is 679. The molecule has 0 radical (unpaired) electrons. The third-order valence-corrected chi connectivity index (χ3v) is 4.03. The molecule has 20 heavy (non-hydrogen) atoms. The number of hydrogen-bond donors (Lipinski definition) is 1. The fraction of sp³-hybridized carbons (Fsp3) is 0.467. The van der Waals surface area contributed by atoms with Crippen LogP contribution >= 0.6 is 0 Å². The van der Waals surface area contributed by atoms with Gasteiger partial charge in [0.05, 0.1) is 5.69 Å². The van der Waals surface area contributed by atoms with Crippen LogP contribution in [0.5, 0.6) is 0 Å². The van der Waals surface area contributed by atoms with Crippen LogP contribution in [0, 0.1) is 12.8 Å². The Morgan fingerprint density at radius 3 is 3.10 bits per heavy atom. The van der Waals surface area contributed by atoms with E-state index in [2.05, 4.69) is 9.88 Å². The summed E-state index contributed by atoms with van der Waals surface area (Å²) in [5.74, 6) is 0.582. The highest BCUT2D eigenvalue weighted by Gasteiger charge is 2.21. The van der Waals surface area contributed by atoms with E-state index in [1.54, 1.807) is 16.7 Å². The van der Waals surface area contributed by atoms with Crippen molar-refractivity contribution < 1.29 is 0 Å². The first kappa shape index (κ1) is 13.3. The Morgan fingerprint density at radius 2 is 2.35 bits per heavy atom. The molecule has 2 aromatic heterocycles. The molecule has 1 atom stereocenters. The lowest BCUT2D eigenvalue weighted by atomic mass is 10.1. The molecule has 1 unspecified atom stereocenters. The average Bonchev–Trinajstić information content (AvgIpc) is 2.88. The second kappa shape index (κ2) is 5.34. The zero-order valence-corrected chi connectivity index (χ0v) is 11.7. The molecule has 0 aromatic carbocycles. The van der Waals surface area contributed by atoms with Crippen molar-refractivity contribution in [2.45, 2.75) is 19.9 Å². The van der Waals surface area contributed by atoms with Crippen molar-refractivity contribution in [2.24, 2.45) is 11.7 Å². The number of likely N-dealkylation sites (tertiary alicyclic amines) is 1. The lowest BCUT2D eigenvalue weighted by Crippen LogP contribution is -2.25. The summed E-state index contributed by atoms with van der Waals surface area (Å²) in [6.07, 6.45) is 2.91. The van der Waals surface area contributed by atoms with E-state index in [0.29, 0.717) is 5.92 Å². The molecular formula is C15H20N4O. The minimum atomic E-state index is -0.0109. The number of rotatable bonds is 3. The van der Waals surface area contributed by atoms with Crippen molar-refractivity contribution in [3.63, 3.8) is 0 Å². The third-order valence-electron chi connectivity index (χ3n) is 4.03. The van der Waals surface area contributed by atoms with E-state index in [4.69, 9.17) is 5.73 Å². The number of pyridine rings is 1. The summed E-state index contributed by atoms with van der Waals surface area (Å²) in [5.41, 5.74) is 8.33. The van der Waals surface area contributed by atoms with Crippen molar-refractivity contribution >= 4 is 5.65 Å². The number of nitrogens with two attached hydrogens (primary N) is 1. The van der Waals surface area contributed by atoms with Crippen LogP contribution < -0.4 is 11.3 Å². The van der Waals surface area contributed by atoms with E-state index in [1.165, 1.54) is 0 Å². The van der Waals surface area contributed by atoms with Gasteiger partial charge >= 0.3 is 0 Å². The molecular weight excluding hydrogens is 252 g/mol. The highest BCUT2D eigenvalue weighted by atomic mass is 16.1. The van der Waals surface area contributed by atoms with Crippen LogP contribution in [0.25, 0.3) is 5.65 Å². The minimum Gasteiger partial charge on any atom is -0.330 e. The number of hydrogen-bond acceptors (Lipinski definition) is 4. The van der Waals surface area contributed by atoms with Gasteiger partial charge in [-0.05, 0) is 44.0 Å². The number of aryl methyl sites for hydroxylation is 1. The fourth-order valence-corrected chi connectivity index (χ4v) is 2.87. The van der Waals surface area contributed by atoms with Crippen LogP contribution in [0.2, 0.25) is 0 Å². The first-order chi connectivity index (χ1) is 9.67. The highest BCUT2D eigenvalue weighted by molar-refractivity contribution is 5.46. The van der Waals surface area contributed by atoms with Crippen LogP contribution in [0.4, 0.5) is 0 Å². The summed E-state index contributed by atoms with van der Waals surface area (Å²) in [7, 11) is 0. The lowest BCUT2D eigenvalue weighted by molar-refractivity contribution is 0.314. The molecule has 0 amide bonds. The third kappa shape index (κ3) is 2.46. The molecule has 106 valence electrons. The van der Waals surface area contributed by atoms with Crippen molar-refractivity contribution in [3.8, 4) is 0 Å². The van der Waals surface area contributed by atoms with E-state index in [1.807, 2.05) is 19.1 Å². The molecule has 0 saturated carbocycles. The Balaban J connectivity index is 1.89. The summed E-state index contributed by atoms with van der Waals surface area (Å²) in [5, 5.41) is 0. The summed E-state index contributed by atoms with van der Waals surface area (Å²) < 4.78 is 1.60. The van der Waals surface area contributed by atoms with Gasteiger partial charge < -0.3 is 5.73 Å². The second-order valence-corrected chi connectivity index (χ2v) is 5.60. The molecule has 1 aliphatic heterocycles. The van der Waals surface area contributed by atoms with E-state index < -0.39 is 0 Å². The molecule has 3 rings (SSSR count). The Labute approximate surface area is 118 Å². The summed E-state index contributed by atoms with van der Waals surface area (Å²) >= 11 is 0. The zero-order valence-electron chi connectivity index (χ0n) is 11.7. The minimum absolute atomic E-state index is 0.0109. The Kier molecular flexibility index (Phi) is 3.54. The smallest absolute Gasteiger partial charge is 0.258 e. The van der Waals surface area contributed by atoms with Crippen LogP contribution in [0.3, 0.4) is 0 Å². The maximum atomic E-state index is 12.1. The van der Waals surface area contributed by atoms with Crippen LogP contribution in [0.15, 0.2) is 29.2 Å². The van der Waals surface area contributed by atoms with E-state index >= 15 is 0 Å². The topological polar surface area (TPSA) is 63.6 Å². The Hall–Kier alpha value is -1.72. The fourth-order valence-electron chi connectivity index (χ4n) is 2.87. The van der Waals surface area contributed by atoms with Gasteiger partial charge in [0, 0.05) is 25.4 Å². The average molecular weight is 272 g/mol. The number of fused-ring (bicyclic) bond motifs is 1. The maximum Gasteiger partial charge on any atom is 0.258 e. The van der Waals surface area contributed by atoms with Crippen LogP contribution in [-0.2, 0) is 6.54 Å². The Morgan fingerprint density at radius 1 is 1.50 bits per heavy atom. The first-order valence-electron chi connectivity index (χ1n) is 7.07. The standard InChI is InChI=1S/C15H20N4O/c1-11-3-2-5-19-14(20)7-13(17-15(11)19)10-18-6-4-12(8-16)9-18/h2-3,5,7,12H,4,6,8-10,16H2,1H3. The van der Waals surface area contributed by atoms with Gasteiger partial charge in [0.2, 0.25) is 0 Å². The summed E-state index contributed by atoms with van der Waals surface area (Å²) in [4.78, 5) is 19.1. The van der Waals surface area contributed by atoms with E-state index in [9.17, 15) is 4.79 Å². The van der Waals surface area contributed by atoms with E-state index in [0.717, 1.165) is 49.5 Å². The highest BCUT2D eigenvalue weighted by Crippen LogP contribution is 2.17. The molecule has 5 heteroatoms. The molecule has 5 nitrogen and oxygen atoms in total. The predicted octanol–water partition coefficient (Wildman–Crippen LogP) is 0.784. The van der Waals surface area contributed by atoms with Crippen molar-refractivity contribution in [1.82, 2.24) is 14.3 Å². The van der Waals surface area contributed by atoms with Gasteiger partial charge in [-0.2, -0.15) is 0 Å². The van der Waals surface area contributed by atoms with Gasteiger partial charge in [0.25, 0.3) is 5.56 Å². The summed E-state index contributed by atoms with van der Waals surface area (Å²) in [6, 6.07) is 5.49.